The zero-order chi connectivity index (χ0) is 12.1. The lowest BCUT2D eigenvalue weighted by Gasteiger charge is -2.25. The van der Waals surface area contributed by atoms with E-state index < -0.39 is 0 Å². The van der Waals surface area contributed by atoms with Crippen molar-refractivity contribution in [2.24, 2.45) is 5.92 Å². The highest BCUT2D eigenvalue weighted by Crippen LogP contribution is 2.18. The van der Waals surface area contributed by atoms with E-state index in [0.717, 1.165) is 32.2 Å². The van der Waals surface area contributed by atoms with Crippen molar-refractivity contribution in [2.75, 3.05) is 6.54 Å². The van der Waals surface area contributed by atoms with Gasteiger partial charge in [-0.2, -0.15) is 0 Å². The molecular formula is C13H26N2O. The monoisotopic (exact) mass is 226 g/mol. The zero-order valence-electron chi connectivity index (χ0n) is 11.1. The average Bonchev–Trinajstić information content (AvgIpc) is 2.53. The first-order chi connectivity index (χ1) is 7.63. The summed E-state index contributed by atoms with van der Waals surface area (Å²) in [6, 6.07) is 0.0642. The number of carbonyl (C=O) groups is 1. The van der Waals surface area contributed by atoms with Gasteiger partial charge in [0.2, 0.25) is 5.91 Å². The molecule has 1 fully saturated rings. The molecule has 1 heterocycles. The normalized spacial score (nSPS) is 25.8. The van der Waals surface area contributed by atoms with Crippen molar-refractivity contribution in [3.8, 4) is 0 Å². The van der Waals surface area contributed by atoms with E-state index in [1.807, 2.05) is 4.90 Å². The summed E-state index contributed by atoms with van der Waals surface area (Å²) in [5.74, 6) is 0.954. The van der Waals surface area contributed by atoms with Crippen LogP contribution in [0.15, 0.2) is 0 Å². The van der Waals surface area contributed by atoms with E-state index in [1.54, 1.807) is 0 Å². The first-order valence-electron chi connectivity index (χ1n) is 6.70. The minimum atomic E-state index is 0.0642. The van der Waals surface area contributed by atoms with Crippen LogP contribution in [0, 0.1) is 5.92 Å². The Labute approximate surface area is 99.6 Å². The molecule has 1 aliphatic rings. The second-order valence-corrected chi connectivity index (χ2v) is 4.86. The number of nitrogens with zero attached hydrogens (tertiary/aromatic N) is 1. The molecule has 1 N–H and O–H groups in total. The van der Waals surface area contributed by atoms with Crippen LogP contribution < -0.4 is 5.32 Å². The van der Waals surface area contributed by atoms with E-state index in [-0.39, 0.29) is 12.2 Å². The quantitative estimate of drug-likeness (QED) is 0.754. The molecule has 0 aromatic rings. The van der Waals surface area contributed by atoms with Crippen LogP contribution in [0.2, 0.25) is 0 Å². The van der Waals surface area contributed by atoms with Gasteiger partial charge in [-0.05, 0) is 19.3 Å². The van der Waals surface area contributed by atoms with Gasteiger partial charge in [0.05, 0.1) is 12.2 Å². The summed E-state index contributed by atoms with van der Waals surface area (Å²) in [6.07, 6.45) is 4.55. The highest BCUT2D eigenvalue weighted by atomic mass is 16.2. The summed E-state index contributed by atoms with van der Waals surface area (Å²) < 4.78 is 0. The van der Waals surface area contributed by atoms with Crippen molar-refractivity contribution in [1.82, 2.24) is 10.2 Å². The Balaban J connectivity index is 2.56. The van der Waals surface area contributed by atoms with Gasteiger partial charge in [0.1, 0.15) is 0 Å². The molecule has 1 amide bonds. The molecule has 3 heteroatoms. The van der Waals surface area contributed by atoms with Crippen LogP contribution in [0.5, 0.6) is 0 Å². The smallest absolute Gasteiger partial charge is 0.241 e. The largest absolute Gasteiger partial charge is 0.326 e. The Morgan fingerprint density at radius 2 is 1.94 bits per heavy atom. The van der Waals surface area contributed by atoms with Gasteiger partial charge in [-0.25, -0.2) is 0 Å². The Morgan fingerprint density at radius 3 is 2.44 bits per heavy atom. The molecule has 0 aliphatic carbocycles. The molecule has 94 valence electrons. The first kappa shape index (κ1) is 13.5. The molecular weight excluding hydrogens is 200 g/mol. The van der Waals surface area contributed by atoms with Crippen molar-refractivity contribution < 1.29 is 4.79 Å². The second-order valence-electron chi connectivity index (χ2n) is 4.86. The van der Waals surface area contributed by atoms with Crippen molar-refractivity contribution in [1.29, 1.82) is 0 Å². The third-order valence-corrected chi connectivity index (χ3v) is 3.68. The van der Waals surface area contributed by atoms with E-state index in [4.69, 9.17) is 0 Å². The van der Waals surface area contributed by atoms with Gasteiger partial charge >= 0.3 is 0 Å². The maximum Gasteiger partial charge on any atom is 0.241 e. The minimum Gasteiger partial charge on any atom is -0.326 e. The summed E-state index contributed by atoms with van der Waals surface area (Å²) in [7, 11) is 0. The number of nitrogens with one attached hydrogen (secondary N) is 1. The molecule has 2 unspecified atom stereocenters. The fourth-order valence-electron chi connectivity index (χ4n) is 2.41. The highest BCUT2D eigenvalue weighted by Gasteiger charge is 2.36. The Morgan fingerprint density at radius 1 is 1.31 bits per heavy atom. The molecule has 1 rings (SSSR count). The van der Waals surface area contributed by atoms with Crippen LogP contribution in [0.25, 0.3) is 0 Å². The molecule has 3 nitrogen and oxygen atoms in total. The molecule has 1 aliphatic heterocycles. The Bertz CT molecular complexity index is 226. The van der Waals surface area contributed by atoms with Gasteiger partial charge in [0.25, 0.3) is 0 Å². The van der Waals surface area contributed by atoms with Gasteiger partial charge in [-0.1, -0.05) is 40.0 Å². The summed E-state index contributed by atoms with van der Waals surface area (Å²) in [5.41, 5.74) is 0. The Hall–Kier alpha value is -0.570. The van der Waals surface area contributed by atoms with Crippen molar-refractivity contribution in [3.05, 3.63) is 0 Å². The lowest BCUT2D eigenvalue weighted by molar-refractivity contribution is -0.130. The van der Waals surface area contributed by atoms with Gasteiger partial charge in [-0.15, -0.1) is 0 Å². The maximum absolute atomic E-state index is 12.1. The standard InChI is InChI=1S/C13H26N2O/c1-5-8-12-13(16)15(10(4)14-12)9-11(6-2)7-3/h10-12,14H,5-9H2,1-4H3. The molecule has 2 atom stereocenters. The van der Waals surface area contributed by atoms with Crippen molar-refractivity contribution >= 4 is 5.91 Å². The SMILES string of the molecule is CCCC1NC(C)N(CC(CC)CC)C1=O. The van der Waals surface area contributed by atoms with Crippen LogP contribution in [-0.4, -0.2) is 29.6 Å². The average molecular weight is 226 g/mol. The van der Waals surface area contributed by atoms with E-state index in [2.05, 4.69) is 33.0 Å². The maximum atomic E-state index is 12.1. The molecule has 0 aromatic heterocycles. The van der Waals surface area contributed by atoms with Crippen LogP contribution >= 0.6 is 0 Å². The van der Waals surface area contributed by atoms with Crippen molar-refractivity contribution in [3.63, 3.8) is 0 Å². The molecule has 16 heavy (non-hydrogen) atoms. The zero-order valence-corrected chi connectivity index (χ0v) is 11.1. The van der Waals surface area contributed by atoms with Crippen LogP contribution in [0.3, 0.4) is 0 Å². The molecule has 0 radical (unpaired) electrons. The summed E-state index contributed by atoms with van der Waals surface area (Å²) in [5, 5.41) is 3.38. The Kier molecular flexibility index (Phi) is 5.26. The number of hydrogen-bond donors (Lipinski definition) is 1. The van der Waals surface area contributed by atoms with Gasteiger partial charge in [0, 0.05) is 6.54 Å². The van der Waals surface area contributed by atoms with E-state index >= 15 is 0 Å². The third-order valence-electron chi connectivity index (χ3n) is 3.68. The number of hydrogen-bond acceptors (Lipinski definition) is 2. The molecule has 0 saturated carbocycles. The van der Waals surface area contributed by atoms with Gasteiger partial charge < -0.3 is 4.90 Å². The first-order valence-corrected chi connectivity index (χ1v) is 6.70. The lowest BCUT2D eigenvalue weighted by Crippen LogP contribution is -2.38. The number of amides is 1. The topological polar surface area (TPSA) is 32.3 Å². The summed E-state index contributed by atoms with van der Waals surface area (Å²) >= 11 is 0. The summed E-state index contributed by atoms with van der Waals surface area (Å²) in [4.78, 5) is 14.2. The van der Waals surface area contributed by atoms with Gasteiger partial charge in [0.15, 0.2) is 0 Å². The molecule has 1 saturated heterocycles. The third kappa shape index (κ3) is 2.97. The molecule has 0 bridgehead atoms. The van der Waals surface area contributed by atoms with E-state index in [0.29, 0.717) is 11.8 Å². The van der Waals surface area contributed by atoms with Crippen LogP contribution in [0.4, 0.5) is 0 Å². The predicted octanol–water partition coefficient (Wildman–Crippen LogP) is 2.37. The molecule has 0 spiro atoms. The predicted molar refractivity (Wildman–Crippen MR) is 67.1 cm³/mol. The van der Waals surface area contributed by atoms with Crippen molar-refractivity contribution in [2.45, 2.75) is 65.6 Å². The minimum absolute atomic E-state index is 0.0642. The molecule has 0 aromatic carbocycles. The van der Waals surface area contributed by atoms with E-state index in [1.165, 1.54) is 0 Å². The van der Waals surface area contributed by atoms with Crippen LogP contribution in [-0.2, 0) is 4.79 Å². The lowest BCUT2D eigenvalue weighted by atomic mass is 10.0. The highest BCUT2D eigenvalue weighted by molar-refractivity contribution is 5.84. The number of carbonyl (C=O) groups excluding carboxylic acids is 1. The van der Waals surface area contributed by atoms with E-state index in [9.17, 15) is 4.79 Å². The van der Waals surface area contributed by atoms with Crippen LogP contribution in [0.1, 0.15) is 53.4 Å². The summed E-state index contributed by atoms with van der Waals surface area (Å²) in [6.45, 7) is 9.55. The number of rotatable bonds is 6. The van der Waals surface area contributed by atoms with Gasteiger partial charge in [-0.3, -0.25) is 10.1 Å². The fourth-order valence-corrected chi connectivity index (χ4v) is 2.41. The second kappa shape index (κ2) is 6.24. The fraction of sp³-hybridized carbons (Fsp3) is 0.923.